The van der Waals surface area contributed by atoms with E-state index in [-0.39, 0.29) is 18.1 Å². The molecule has 0 aromatic carbocycles. The van der Waals surface area contributed by atoms with Gasteiger partial charge in [-0.15, -0.1) is 0 Å². The number of hydrogen-bond acceptors (Lipinski definition) is 6. The predicted octanol–water partition coefficient (Wildman–Crippen LogP) is 0.761. The van der Waals surface area contributed by atoms with Crippen molar-refractivity contribution in [2.24, 2.45) is 0 Å². The van der Waals surface area contributed by atoms with Crippen molar-refractivity contribution in [3.63, 3.8) is 0 Å². The molecule has 2 rings (SSSR count). The number of nitro groups is 1. The molecule has 0 aliphatic carbocycles. The van der Waals surface area contributed by atoms with Crippen LogP contribution in [0.15, 0.2) is 18.6 Å². The van der Waals surface area contributed by atoms with Gasteiger partial charge in [0.2, 0.25) is 5.69 Å². The lowest BCUT2D eigenvalue weighted by atomic mass is 10.3. The molecule has 106 valence electrons. The predicted molar refractivity (Wildman–Crippen MR) is 67.0 cm³/mol. The minimum absolute atomic E-state index is 0.215. The number of aromatic nitrogens is 4. The zero-order chi connectivity index (χ0) is 14.5. The molecular formula is C10H12N6O4. The summed E-state index contributed by atoms with van der Waals surface area (Å²) in [4.78, 5) is 21.9. The number of carbonyl (C=O) groups is 1. The van der Waals surface area contributed by atoms with Gasteiger partial charge in [0.05, 0.1) is 23.0 Å². The second kappa shape index (κ2) is 5.93. The van der Waals surface area contributed by atoms with Crippen molar-refractivity contribution < 1.29 is 14.5 Å². The van der Waals surface area contributed by atoms with Crippen molar-refractivity contribution >= 4 is 17.3 Å². The Labute approximate surface area is 112 Å². The van der Waals surface area contributed by atoms with E-state index in [1.54, 1.807) is 6.20 Å². The number of hydrogen-bond donors (Lipinski definition) is 2. The van der Waals surface area contributed by atoms with Gasteiger partial charge in [0.25, 0.3) is 5.91 Å². The summed E-state index contributed by atoms with van der Waals surface area (Å²) < 4.78 is 6.63. The van der Waals surface area contributed by atoms with Gasteiger partial charge >= 0.3 is 5.69 Å². The average molecular weight is 280 g/mol. The Hall–Kier alpha value is -2.75. The number of rotatable bonds is 6. The first-order valence-corrected chi connectivity index (χ1v) is 5.71. The number of aromatic amines is 1. The van der Waals surface area contributed by atoms with E-state index in [9.17, 15) is 14.9 Å². The molecule has 20 heavy (non-hydrogen) atoms. The maximum absolute atomic E-state index is 11.9. The Kier molecular flexibility index (Phi) is 4.05. The van der Waals surface area contributed by atoms with Crippen molar-refractivity contribution in [2.45, 2.75) is 13.7 Å². The van der Waals surface area contributed by atoms with Crippen LogP contribution in [0.2, 0.25) is 0 Å². The molecule has 0 fully saturated rings. The van der Waals surface area contributed by atoms with E-state index in [1.165, 1.54) is 10.9 Å². The molecule has 0 saturated heterocycles. The maximum Gasteiger partial charge on any atom is 0.319 e. The van der Waals surface area contributed by atoms with Crippen LogP contribution in [0.5, 0.6) is 0 Å². The molecule has 2 aromatic heterocycles. The highest BCUT2D eigenvalue weighted by Crippen LogP contribution is 2.16. The first kappa shape index (κ1) is 13.7. The van der Waals surface area contributed by atoms with Crippen molar-refractivity contribution in [3.05, 3.63) is 34.4 Å². The smallest absolute Gasteiger partial charge is 0.319 e. The molecule has 10 nitrogen and oxygen atoms in total. The van der Waals surface area contributed by atoms with Gasteiger partial charge in [-0.25, -0.2) is 4.68 Å². The van der Waals surface area contributed by atoms with Crippen LogP contribution in [-0.4, -0.2) is 37.4 Å². The summed E-state index contributed by atoms with van der Waals surface area (Å²) in [7, 11) is 0. The SMILES string of the molecule is CCOCn1cc(NC(=O)c2[nH]ncc2[N+](=O)[O-])cn1. The van der Waals surface area contributed by atoms with Gasteiger partial charge < -0.3 is 10.1 Å². The fourth-order valence-electron chi connectivity index (χ4n) is 1.46. The lowest BCUT2D eigenvalue weighted by Crippen LogP contribution is -2.13. The fraction of sp³-hybridized carbons (Fsp3) is 0.300. The maximum atomic E-state index is 11.9. The second-order valence-electron chi connectivity index (χ2n) is 3.73. The molecule has 2 aromatic rings. The van der Waals surface area contributed by atoms with Crippen LogP contribution in [-0.2, 0) is 11.5 Å². The van der Waals surface area contributed by atoms with Gasteiger partial charge in [-0.1, -0.05) is 0 Å². The zero-order valence-corrected chi connectivity index (χ0v) is 10.6. The van der Waals surface area contributed by atoms with E-state index >= 15 is 0 Å². The number of nitrogens with one attached hydrogen (secondary N) is 2. The molecule has 0 aliphatic heterocycles. The third-order valence-electron chi connectivity index (χ3n) is 2.36. The molecule has 0 aliphatic rings. The fourth-order valence-corrected chi connectivity index (χ4v) is 1.46. The number of ether oxygens (including phenoxy) is 1. The van der Waals surface area contributed by atoms with Crippen LogP contribution < -0.4 is 5.32 Å². The monoisotopic (exact) mass is 280 g/mol. The molecule has 10 heteroatoms. The van der Waals surface area contributed by atoms with Crippen LogP contribution in [0.3, 0.4) is 0 Å². The molecule has 0 spiro atoms. The average Bonchev–Trinajstić information content (AvgIpc) is 3.04. The van der Waals surface area contributed by atoms with Gasteiger partial charge in [-0.05, 0) is 6.92 Å². The van der Waals surface area contributed by atoms with E-state index < -0.39 is 10.8 Å². The topological polar surface area (TPSA) is 128 Å². The van der Waals surface area contributed by atoms with Crippen LogP contribution in [0.1, 0.15) is 17.4 Å². The van der Waals surface area contributed by atoms with Crippen LogP contribution in [0.4, 0.5) is 11.4 Å². The largest absolute Gasteiger partial charge is 0.360 e. The molecule has 0 atom stereocenters. The highest BCUT2D eigenvalue weighted by molar-refractivity contribution is 6.05. The third-order valence-corrected chi connectivity index (χ3v) is 2.36. The van der Waals surface area contributed by atoms with Crippen molar-refractivity contribution in [2.75, 3.05) is 11.9 Å². The highest BCUT2D eigenvalue weighted by atomic mass is 16.6. The first-order valence-electron chi connectivity index (χ1n) is 5.71. The minimum Gasteiger partial charge on any atom is -0.360 e. The normalized spacial score (nSPS) is 10.4. The molecule has 0 bridgehead atoms. The number of anilines is 1. The van der Waals surface area contributed by atoms with E-state index in [1.807, 2.05) is 6.92 Å². The number of amides is 1. The number of nitrogens with zero attached hydrogens (tertiary/aromatic N) is 4. The Bertz CT molecular complexity index is 619. The van der Waals surface area contributed by atoms with Gasteiger partial charge in [0.15, 0.2) is 0 Å². The Morgan fingerprint density at radius 3 is 3.10 bits per heavy atom. The Morgan fingerprint density at radius 2 is 2.40 bits per heavy atom. The van der Waals surface area contributed by atoms with Crippen LogP contribution in [0, 0.1) is 10.1 Å². The van der Waals surface area contributed by atoms with Crippen molar-refractivity contribution in [3.8, 4) is 0 Å². The molecule has 0 saturated carbocycles. The summed E-state index contributed by atoms with van der Waals surface area (Å²) in [6.45, 7) is 2.65. The minimum atomic E-state index is -0.684. The molecular weight excluding hydrogens is 268 g/mol. The van der Waals surface area contributed by atoms with Crippen molar-refractivity contribution in [1.29, 1.82) is 0 Å². The lowest BCUT2D eigenvalue weighted by Gasteiger charge is -2.00. The standard InChI is InChI=1S/C10H12N6O4/c1-2-20-6-15-5-7(3-12-15)13-10(17)9-8(16(18)19)4-11-14-9/h3-5H,2,6H2,1H3,(H,11,14)(H,13,17). The summed E-state index contributed by atoms with van der Waals surface area (Å²) in [5.41, 5.74) is -0.199. The van der Waals surface area contributed by atoms with E-state index in [0.717, 1.165) is 6.20 Å². The van der Waals surface area contributed by atoms with Crippen molar-refractivity contribution in [1.82, 2.24) is 20.0 Å². The number of H-pyrrole nitrogens is 1. The molecule has 1 amide bonds. The Balaban J connectivity index is 2.06. The third kappa shape index (κ3) is 2.98. The highest BCUT2D eigenvalue weighted by Gasteiger charge is 2.23. The van der Waals surface area contributed by atoms with E-state index in [4.69, 9.17) is 4.74 Å². The summed E-state index contributed by atoms with van der Waals surface area (Å²) in [6, 6.07) is 0. The van der Waals surface area contributed by atoms with Crippen LogP contribution in [0.25, 0.3) is 0 Å². The lowest BCUT2D eigenvalue weighted by molar-refractivity contribution is -0.385. The van der Waals surface area contributed by atoms with E-state index in [2.05, 4.69) is 20.6 Å². The van der Waals surface area contributed by atoms with Gasteiger partial charge in [0.1, 0.15) is 12.9 Å². The number of carbonyl (C=O) groups excluding carboxylic acids is 1. The summed E-state index contributed by atoms with van der Waals surface area (Å²) in [5, 5.41) is 22.9. The zero-order valence-electron chi connectivity index (χ0n) is 10.6. The van der Waals surface area contributed by atoms with Gasteiger partial charge in [0, 0.05) is 6.61 Å². The Morgan fingerprint density at radius 1 is 1.60 bits per heavy atom. The summed E-state index contributed by atoms with van der Waals surface area (Å²) >= 11 is 0. The quantitative estimate of drug-likeness (QED) is 0.593. The van der Waals surface area contributed by atoms with E-state index in [0.29, 0.717) is 12.3 Å². The second-order valence-corrected chi connectivity index (χ2v) is 3.73. The summed E-state index contributed by atoms with van der Waals surface area (Å²) in [5.74, 6) is -0.662. The summed E-state index contributed by atoms with van der Waals surface area (Å²) in [6.07, 6.45) is 3.95. The molecule has 2 N–H and O–H groups in total. The first-order chi connectivity index (χ1) is 9.61. The van der Waals surface area contributed by atoms with Crippen LogP contribution >= 0.6 is 0 Å². The van der Waals surface area contributed by atoms with Gasteiger partial charge in [-0.3, -0.25) is 20.0 Å². The molecule has 0 radical (unpaired) electrons. The molecule has 2 heterocycles. The molecule has 0 unspecified atom stereocenters. The van der Waals surface area contributed by atoms with Gasteiger partial charge in [-0.2, -0.15) is 10.2 Å².